The fourth-order valence-corrected chi connectivity index (χ4v) is 4.15. The van der Waals surface area contributed by atoms with Crippen LogP contribution in [0, 0.1) is 5.92 Å². The number of nitrogens with zero attached hydrogens (tertiary/aromatic N) is 4. The summed E-state index contributed by atoms with van der Waals surface area (Å²) in [7, 11) is 0. The summed E-state index contributed by atoms with van der Waals surface area (Å²) in [5, 5.41) is 8.52. The van der Waals surface area contributed by atoms with Crippen LogP contribution in [0.25, 0.3) is 11.6 Å². The van der Waals surface area contributed by atoms with Crippen molar-refractivity contribution < 1.29 is 4.42 Å². The molecule has 24 heavy (non-hydrogen) atoms. The number of aromatic nitrogens is 3. The molecule has 0 bridgehead atoms. The standard InChI is InChI=1S/C19H26N4O/c1-2-7-15(8-3-1)13-23-12-6-9-16(14-23)18-21-22-19(24-18)17-10-4-5-11-20-17/h4-5,10-11,15-16H,1-3,6-9,12-14H2. The molecule has 5 nitrogen and oxygen atoms in total. The number of hydrogen-bond acceptors (Lipinski definition) is 5. The third-order valence-electron chi connectivity index (χ3n) is 5.42. The van der Waals surface area contributed by atoms with Crippen LogP contribution < -0.4 is 0 Å². The van der Waals surface area contributed by atoms with Gasteiger partial charge in [-0.3, -0.25) is 4.98 Å². The average molecular weight is 326 g/mol. The zero-order valence-electron chi connectivity index (χ0n) is 14.2. The highest BCUT2D eigenvalue weighted by Gasteiger charge is 2.27. The Kier molecular flexibility index (Phi) is 4.88. The highest BCUT2D eigenvalue weighted by atomic mass is 16.4. The van der Waals surface area contributed by atoms with E-state index in [0.717, 1.165) is 30.5 Å². The molecular weight excluding hydrogens is 300 g/mol. The zero-order chi connectivity index (χ0) is 16.2. The molecule has 2 aromatic rings. The van der Waals surface area contributed by atoms with E-state index in [0.29, 0.717) is 11.8 Å². The molecule has 0 radical (unpaired) electrons. The van der Waals surface area contributed by atoms with Crippen molar-refractivity contribution in [2.75, 3.05) is 19.6 Å². The lowest BCUT2D eigenvalue weighted by molar-refractivity contribution is 0.152. The first-order valence-corrected chi connectivity index (χ1v) is 9.35. The van der Waals surface area contributed by atoms with E-state index in [4.69, 9.17) is 4.42 Å². The molecule has 2 aromatic heterocycles. The fourth-order valence-electron chi connectivity index (χ4n) is 4.15. The van der Waals surface area contributed by atoms with Crippen molar-refractivity contribution in [1.82, 2.24) is 20.1 Å². The van der Waals surface area contributed by atoms with Gasteiger partial charge in [-0.2, -0.15) is 0 Å². The summed E-state index contributed by atoms with van der Waals surface area (Å²) >= 11 is 0. The van der Waals surface area contributed by atoms with Gasteiger partial charge in [0.15, 0.2) is 0 Å². The minimum absolute atomic E-state index is 0.368. The van der Waals surface area contributed by atoms with Crippen LogP contribution in [0.2, 0.25) is 0 Å². The maximum absolute atomic E-state index is 5.94. The van der Waals surface area contributed by atoms with Gasteiger partial charge in [-0.25, -0.2) is 0 Å². The Bertz CT molecular complexity index is 636. The second-order valence-electron chi connectivity index (χ2n) is 7.26. The molecule has 2 aliphatic rings. The molecule has 1 saturated carbocycles. The Morgan fingerprint density at radius 3 is 2.79 bits per heavy atom. The summed E-state index contributed by atoms with van der Waals surface area (Å²) in [6, 6.07) is 5.75. The minimum Gasteiger partial charge on any atom is -0.419 e. The number of rotatable bonds is 4. The van der Waals surface area contributed by atoms with Gasteiger partial charge in [-0.15, -0.1) is 10.2 Å². The van der Waals surface area contributed by atoms with Crippen molar-refractivity contribution in [3.8, 4) is 11.6 Å². The second-order valence-corrected chi connectivity index (χ2v) is 7.26. The first-order valence-electron chi connectivity index (χ1n) is 9.35. The number of likely N-dealkylation sites (tertiary alicyclic amines) is 1. The summed E-state index contributed by atoms with van der Waals surface area (Å²) in [5.41, 5.74) is 0.756. The lowest BCUT2D eigenvalue weighted by Gasteiger charge is -2.34. The minimum atomic E-state index is 0.368. The van der Waals surface area contributed by atoms with Crippen LogP contribution in [-0.4, -0.2) is 39.7 Å². The van der Waals surface area contributed by atoms with Crippen molar-refractivity contribution in [3.63, 3.8) is 0 Å². The van der Waals surface area contributed by atoms with Crippen LogP contribution in [0.1, 0.15) is 56.8 Å². The van der Waals surface area contributed by atoms with Gasteiger partial charge >= 0.3 is 0 Å². The molecule has 1 aliphatic heterocycles. The van der Waals surface area contributed by atoms with Gasteiger partial charge in [0.2, 0.25) is 5.89 Å². The lowest BCUT2D eigenvalue weighted by Crippen LogP contribution is -2.38. The quantitative estimate of drug-likeness (QED) is 0.853. The van der Waals surface area contributed by atoms with E-state index < -0.39 is 0 Å². The van der Waals surface area contributed by atoms with Crippen LogP contribution in [0.4, 0.5) is 0 Å². The van der Waals surface area contributed by atoms with Crippen molar-refractivity contribution >= 4 is 0 Å². The Morgan fingerprint density at radius 2 is 1.96 bits per heavy atom. The Balaban J connectivity index is 1.40. The van der Waals surface area contributed by atoms with E-state index in [-0.39, 0.29) is 0 Å². The highest BCUT2D eigenvalue weighted by molar-refractivity contribution is 5.44. The smallest absolute Gasteiger partial charge is 0.266 e. The third kappa shape index (κ3) is 3.66. The molecule has 1 unspecified atom stereocenters. The molecule has 5 heteroatoms. The molecule has 1 aliphatic carbocycles. The summed E-state index contributed by atoms with van der Waals surface area (Å²) < 4.78 is 5.94. The Morgan fingerprint density at radius 1 is 1.04 bits per heavy atom. The molecule has 0 amide bonds. The van der Waals surface area contributed by atoms with Crippen LogP contribution in [-0.2, 0) is 0 Å². The van der Waals surface area contributed by atoms with Crippen LogP contribution >= 0.6 is 0 Å². The largest absolute Gasteiger partial charge is 0.419 e. The van der Waals surface area contributed by atoms with Gasteiger partial charge in [-0.05, 0) is 50.3 Å². The first kappa shape index (κ1) is 15.8. The lowest BCUT2D eigenvalue weighted by atomic mass is 9.88. The van der Waals surface area contributed by atoms with Gasteiger partial charge in [0.25, 0.3) is 5.89 Å². The molecule has 1 atom stereocenters. The molecule has 2 fully saturated rings. The maximum atomic E-state index is 5.94. The fraction of sp³-hybridized carbons (Fsp3) is 0.632. The topological polar surface area (TPSA) is 55.1 Å². The molecule has 1 saturated heterocycles. The molecule has 0 spiro atoms. The van der Waals surface area contributed by atoms with Crippen molar-refractivity contribution in [2.45, 2.75) is 50.9 Å². The zero-order valence-corrected chi connectivity index (χ0v) is 14.2. The van der Waals surface area contributed by atoms with Gasteiger partial charge in [0.1, 0.15) is 5.69 Å². The van der Waals surface area contributed by atoms with Crippen LogP contribution in [0.15, 0.2) is 28.8 Å². The normalized spacial score (nSPS) is 23.4. The van der Waals surface area contributed by atoms with E-state index in [1.54, 1.807) is 6.20 Å². The molecule has 0 N–H and O–H groups in total. The predicted molar refractivity (Wildman–Crippen MR) is 92.5 cm³/mol. The summed E-state index contributed by atoms with van der Waals surface area (Å²) in [6.07, 6.45) is 11.2. The van der Waals surface area contributed by atoms with Crippen LogP contribution in [0.5, 0.6) is 0 Å². The van der Waals surface area contributed by atoms with Crippen molar-refractivity contribution in [2.24, 2.45) is 5.92 Å². The molecule has 0 aromatic carbocycles. The first-order chi connectivity index (χ1) is 11.9. The van der Waals surface area contributed by atoms with E-state index >= 15 is 0 Å². The number of hydrogen-bond donors (Lipinski definition) is 0. The van der Waals surface area contributed by atoms with E-state index in [9.17, 15) is 0 Å². The summed E-state index contributed by atoms with van der Waals surface area (Å²) in [6.45, 7) is 3.52. The molecule has 3 heterocycles. The third-order valence-corrected chi connectivity index (χ3v) is 5.42. The van der Waals surface area contributed by atoms with Gasteiger partial charge in [0, 0.05) is 19.3 Å². The predicted octanol–water partition coefficient (Wildman–Crippen LogP) is 3.89. The van der Waals surface area contributed by atoms with Gasteiger partial charge < -0.3 is 9.32 Å². The average Bonchev–Trinajstić information content (AvgIpc) is 3.14. The highest BCUT2D eigenvalue weighted by Crippen LogP contribution is 2.30. The number of piperidine rings is 1. The monoisotopic (exact) mass is 326 g/mol. The van der Waals surface area contributed by atoms with E-state index in [1.165, 1.54) is 51.6 Å². The molecule has 4 rings (SSSR count). The number of pyridine rings is 1. The van der Waals surface area contributed by atoms with Gasteiger partial charge in [0.05, 0.1) is 5.92 Å². The van der Waals surface area contributed by atoms with Crippen molar-refractivity contribution in [3.05, 3.63) is 30.3 Å². The second kappa shape index (κ2) is 7.43. The molecule has 128 valence electrons. The summed E-state index contributed by atoms with van der Waals surface area (Å²) in [4.78, 5) is 6.91. The maximum Gasteiger partial charge on any atom is 0.266 e. The van der Waals surface area contributed by atoms with E-state index in [2.05, 4.69) is 20.1 Å². The Labute approximate surface area is 143 Å². The van der Waals surface area contributed by atoms with Crippen molar-refractivity contribution in [1.29, 1.82) is 0 Å². The summed E-state index contributed by atoms with van der Waals surface area (Å²) in [5.74, 6) is 2.58. The van der Waals surface area contributed by atoms with Gasteiger partial charge in [-0.1, -0.05) is 25.3 Å². The molecular formula is C19H26N4O. The SMILES string of the molecule is c1ccc(-c2nnc(C3CCCN(CC4CCCCC4)C3)o2)nc1. The van der Waals surface area contributed by atoms with Crippen LogP contribution in [0.3, 0.4) is 0 Å². The van der Waals surface area contributed by atoms with E-state index in [1.807, 2.05) is 18.2 Å². The Hall–Kier alpha value is -1.75.